The highest BCUT2D eigenvalue weighted by Gasteiger charge is 2.11. The van der Waals surface area contributed by atoms with Crippen LogP contribution >= 0.6 is 0 Å². The van der Waals surface area contributed by atoms with Crippen LogP contribution in [0.1, 0.15) is 11.1 Å². The highest BCUT2D eigenvalue weighted by Crippen LogP contribution is 2.28. The molecule has 6 heteroatoms. The van der Waals surface area contributed by atoms with Crippen molar-refractivity contribution in [3.63, 3.8) is 0 Å². The quantitative estimate of drug-likeness (QED) is 0.299. The second kappa shape index (κ2) is 7.33. The molecule has 0 unspecified atom stereocenters. The van der Waals surface area contributed by atoms with Crippen molar-refractivity contribution in [2.24, 2.45) is 5.73 Å². The number of nitrogen functional groups attached to an aromatic ring is 1. The molecule has 5 rings (SSSR count). The summed E-state index contributed by atoms with van der Waals surface area (Å²) in [5.74, 6) is 1.41. The predicted octanol–water partition coefficient (Wildman–Crippen LogP) is 4.64. The first-order chi connectivity index (χ1) is 14.7. The van der Waals surface area contributed by atoms with E-state index in [4.69, 9.17) is 20.9 Å². The highest BCUT2D eigenvalue weighted by atomic mass is 16.5. The van der Waals surface area contributed by atoms with Gasteiger partial charge in [-0.25, -0.2) is 9.97 Å². The summed E-state index contributed by atoms with van der Waals surface area (Å²) in [7, 11) is 0. The van der Waals surface area contributed by atoms with E-state index in [-0.39, 0.29) is 5.84 Å². The van der Waals surface area contributed by atoms with Crippen LogP contribution in [0.25, 0.3) is 33.5 Å². The summed E-state index contributed by atoms with van der Waals surface area (Å²) in [6, 6.07) is 25.4. The molecule has 0 spiro atoms. The number of nitrogens with one attached hydrogen (secondary N) is 2. The first-order valence-electron chi connectivity index (χ1n) is 9.58. The molecule has 3 aromatic carbocycles. The molecule has 5 aromatic rings. The molecule has 0 saturated heterocycles. The summed E-state index contributed by atoms with van der Waals surface area (Å²) in [5.41, 5.74) is 10.5. The van der Waals surface area contributed by atoms with Gasteiger partial charge in [-0.15, -0.1) is 0 Å². The van der Waals surface area contributed by atoms with Gasteiger partial charge in [0.15, 0.2) is 5.82 Å². The van der Waals surface area contributed by atoms with E-state index in [0.717, 1.165) is 38.9 Å². The predicted molar refractivity (Wildman–Crippen MR) is 119 cm³/mol. The van der Waals surface area contributed by atoms with Crippen molar-refractivity contribution >= 4 is 27.8 Å². The Kier molecular flexibility index (Phi) is 4.37. The molecule has 2 heterocycles. The van der Waals surface area contributed by atoms with E-state index in [2.05, 4.69) is 9.97 Å². The largest absolute Gasteiger partial charge is 0.487 e. The summed E-state index contributed by atoms with van der Waals surface area (Å²) in [6.07, 6.45) is 0. The number of para-hydroxylation sites is 1. The number of benzene rings is 3. The standard InChI is InChI=1S/C24H19N5O/c25-23(26)17-10-11-18-20(13-17)29-24(28-18)19-12-9-16-7-4-8-21(22(16)27-19)30-14-15-5-2-1-3-6-15/h1-13H,14H2,(H3,25,26)(H,28,29). The van der Waals surface area contributed by atoms with Crippen LogP contribution in [0.5, 0.6) is 5.75 Å². The molecular formula is C24H19N5O. The molecule has 0 saturated carbocycles. The summed E-state index contributed by atoms with van der Waals surface area (Å²) < 4.78 is 6.07. The van der Waals surface area contributed by atoms with Crippen molar-refractivity contribution in [1.29, 1.82) is 5.41 Å². The third-order valence-corrected chi connectivity index (χ3v) is 4.96. The van der Waals surface area contributed by atoms with Crippen molar-refractivity contribution in [2.45, 2.75) is 6.61 Å². The maximum atomic E-state index is 7.61. The van der Waals surface area contributed by atoms with E-state index in [1.165, 1.54) is 0 Å². The van der Waals surface area contributed by atoms with Gasteiger partial charge in [0.25, 0.3) is 0 Å². The summed E-state index contributed by atoms with van der Waals surface area (Å²) in [5, 5.41) is 8.61. The first-order valence-corrected chi connectivity index (χ1v) is 9.58. The molecule has 6 nitrogen and oxygen atoms in total. The maximum Gasteiger partial charge on any atom is 0.157 e. The topological polar surface area (TPSA) is 101 Å². The molecule has 0 bridgehead atoms. The minimum absolute atomic E-state index is 0.0251. The van der Waals surface area contributed by atoms with Crippen molar-refractivity contribution in [3.05, 3.63) is 90.0 Å². The van der Waals surface area contributed by atoms with Gasteiger partial charge >= 0.3 is 0 Å². The van der Waals surface area contributed by atoms with Crippen molar-refractivity contribution in [2.75, 3.05) is 0 Å². The van der Waals surface area contributed by atoms with E-state index in [9.17, 15) is 0 Å². The number of hydrogen-bond donors (Lipinski definition) is 3. The van der Waals surface area contributed by atoms with Crippen molar-refractivity contribution in [1.82, 2.24) is 15.0 Å². The molecule has 2 aromatic heterocycles. The lowest BCUT2D eigenvalue weighted by Crippen LogP contribution is -2.10. The van der Waals surface area contributed by atoms with E-state index >= 15 is 0 Å². The average Bonchev–Trinajstić information content (AvgIpc) is 3.21. The lowest BCUT2D eigenvalue weighted by Gasteiger charge is -2.09. The van der Waals surface area contributed by atoms with Crippen molar-refractivity contribution in [3.8, 4) is 17.3 Å². The Morgan fingerprint density at radius 2 is 1.80 bits per heavy atom. The second-order valence-electron chi connectivity index (χ2n) is 7.03. The normalized spacial score (nSPS) is 11.1. The number of fused-ring (bicyclic) bond motifs is 2. The SMILES string of the molecule is N=C(N)c1ccc2nc(-c3ccc4cccc(OCc5ccccc5)c4n3)[nH]c2c1. The Morgan fingerprint density at radius 3 is 2.63 bits per heavy atom. The summed E-state index contributed by atoms with van der Waals surface area (Å²) in [6.45, 7) is 0.477. The van der Waals surface area contributed by atoms with Gasteiger partial charge in [0.05, 0.1) is 11.0 Å². The monoisotopic (exact) mass is 393 g/mol. The Hall–Kier alpha value is -4.19. The van der Waals surface area contributed by atoms with Crippen LogP contribution in [0.2, 0.25) is 0 Å². The smallest absolute Gasteiger partial charge is 0.157 e. The van der Waals surface area contributed by atoms with Gasteiger partial charge in [0.1, 0.15) is 29.4 Å². The fraction of sp³-hybridized carbons (Fsp3) is 0.0417. The zero-order chi connectivity index (χ0) is 20.5. The summed E-state index contributed by atoms with van der Waals surface area (Å²) in [4.78, 5) is 12.8. The number of rotatable bonds is 5. The zero-order valence-corrected chi connectivity index (χ0v) is 16.1. The number of imidazole rings is 1. The van der Waals surface area contributed by atoms with Crippen LogP contribution in [0.3, 0.4) is 0 Å². The molecule has 0 aliphatic carbocycles. The maximum absolute atomic E-state index is 7.61. The van der Waals surface area contributed by atoms with Crippen LogP contribution in [0, 0.1) is 5.41 Å². The number of hydrogen-bond acceptors (Lipinski definition) is 4. The third kappa shape index (κ3) is 3.35. The number of ether oxygens (including phenoxy) is 1. The number of aromatic amines is 1. The second-order valence-corrected chi connectivity index (χ2v) is 7.03. The minimum Gasteiger partial charge on any atom is -0.487 e. The van der Waals surface area contributed by atoms with E-state index in [1.807, 2.05) is 72.8 Å². The molecule has 0 radical (unpaired) electrons. The molecule has 30 heavy (non-hydrogen) atoms. The Bertz CT molecular complexity index is 1370. The van der Waals surface area contributed by atoms with E-state index < -0.39 is 0 Å². The molecule has 4 N–H and O–H groups in total. The van der Waals surface area contributed by atoms with Crippen molar-refractivity contribution < 1.29 is 4.74 Å². The fourth-order valence-electron chi connectivity index (χ4n) is 3.40. The molecular weight excluding hydrogens is 374 g/mol. The fourth-order valence-corrected chi connectivity index (χ4v) is 3.40. The number of nitrogens with zero attached hydrogens (tertiary/aromatic N) is 2. The van der Waals surface area contributed by atoms with Crippen LogP contribution < -0.4 is 10.5 Å². The number of amidine groups is 1. The summed E-state index contributed by atoms with van der Waals surface area (Å²) >= 11 is 0. The van der Waals surface area contributed by atoms with Gasteiger partial charge in [-0.1, -0.05) is 48.5 Å². The van der Waals surface area contributed by atoms with Gasteiger partial charge in [0, 0.05) is 10.9 Å². The minimum atomic E-state index is 0.0251. The average molecular weight is 393 g/mol. The molecule has 0 aliphatic rings. The number of nitrogens with two attached hydrogens (primary N) is 1. The van der Waals surface area contributed by atoms with Gasteiger partial charge in [-0.05, 0) is 35.9 Å². The number of aromatic nitrogens is 3. The van der Waals surface area contributed by atoms with Gasteiger partial charge in [0.2, 0.25) is 0 Å². The lowest BCUT2D eigenvalue weighted by molar-refractivity contribution is 0.309. The van der Waals surface area contributed by atoms with E-state index in [1.54, 1.807) is 6.07 Å². The van der Waals surface area contributed by atoms with Crippen LogP contribution in [-0.2, 0) is 6.61 Å². The van der Waals surface area contributed by atoms with Gasteiger partial charge in [-0.2, -0.15) is 0 Å². The zero-order valence-electron chi connectivity index (χ0n) is 16.1. The third-order valence-electron chi connectivity index (χ3n) is 4.96. The Labute approximate surface area is 172 Å². The van der Waals surface area contributed by atoms with Crippen LogP contribution in [0.4, 0.5) is 0 Å². The Morgan fingerprint density at radius 1 is 0.933 bits per heavy atom. The molecule has 0 atom stereocenters. The Balaban J connectivity index is 1.52. The molecule has 146 valence electrons. The van der Waals surface area contributed by atoms with Crippen LogP contribution in [0.15, 0.2) is 78.9 Å². The number of H-pyrrole nitrogens is 1. The van der Waals surface area contributed by atoms with Crippen LogP contribution in [-0.4, -0.2) is 20.8 Å². The molecule has 0 amide bonds. The first kappa shape index (κ1) is 17.9. The van der Waals surface area contributed by atoms with Gasteiger partial charge in [-0.3, -0.25) is 5.41 Å². The highest BCUT2D eigenvalue weighted by molar-refractivity contribution is 5.98. The molecule has 0 fully saturated rings. The van der Waals surface area contributed by atoms with E-state index in [0.29, 0.717) is 18.0 Å². The lowest BCUT2D eigenvalue weighted by atomic mass is 10.2. The molecule has 0 aliphatic heterocycles. The van der Waals surface area contributed by atoms with Gasteiger partial charge < -0.3 is 15.5 Å². The number of pyridine rings is 1.